The summed E-state index contributed by atoms with van der Waals surface area (Å²) in [6, 6.07) is 14.2. The summed E-state index contributed by atoms with van der Waals surface area (Å²) in [6.45, 7) is 2.38. The van der Waals surface area contributed by atoms with Crippen LogP contribution in [0.3, 0.4) is 0 Å². The molecule has 0 saturated heterocycles. The van der Waals surface area contributed by atoms with Crippen LogP contribution in [-0.4, -0.2) is 29.3 Å². The van der Waals surface area contributed by atoms with Gasteiger partial charge in [0.05, 0.1) is 0 Å². The van der Waals surface area contributed by atoms with E-state index in [0.717, 1.165) is 11.1 Å². The monoisotopic (exact) mass is 375 g/mol. The van der Waals surface area contributed by atoms with Gasteiger partial charge in [0.25, 0.3) is 11.8 Å². The highest BCUT2D eigenvalue weighted by atomic mass is 16.2. The minimum atomic E-state index is -0.339. The number of urea groups is 1. The Kier molecular flexibility index (Phi) is 6.01. The zero-order valence-corrected chi connectivity index (χ0v) is 15.5. The molecule has 0 atom stereocenters. The summed E-state index contributed by atoms with van der Waals surface area (Å²) in [5, 5.41) is 5.51. The number of hydrogen-bond acceptors (Lipinski definition) is 3. The number of carbonyl (C=O) groups excluding carboxylic acids is 3. The van der Waals surface area contributed by atoms with Crippen LogP contribution in [0.15, 0.2) is 66.8 Å². The molecule has 6 heteroatoms. The van der Waals surface area contributed by atoms with Gasteiger partial charge in [0.1, 0.15) is 0 Å². The van der Waals surface area contributed by atoms with E-state index in [1.165, 1.54) is 17.1 Å². The van der Waals surface area contributed by atoms with Crippen molar-refractivity contribution >= 4 is 35.3 Å². The first-order valence-corrected chi connectivity index (χ1v) is 8.96. The maximum absolute atomic E-state index is 12.1. The Morgan fingerprint density at radius 3 is 2.18 bits per heavy atom. The molecular weight excluding hydrogens is 354 g/mol. The summed E-state index contributed by atoms with van der Waals surface area (Å²) in [6.07, 6.45) is 6.87. The highest BCUT2D eigenvalue weighted by Crippen LogP contribution is 2.13. The fourth-order valence-electron chi connectivity index (χ4n) is 2.67. The quantitative estimate of drug-likeness (QED) is 0.794. The fraction of sp³-hybridized carbons (Fsp3) is 0.136. The highest BCUT2D eigenvalue weighted by Gasteiger charge is 2.18. The van der Waals surface area contributed by atoms with Gasteiger partial charge in [-0.2, -0.15) is 0 Å². The van der Waals surface area contributed by atoms with Gasteiger partial charge in [0, 0.05) is 24.0 Å². The highest BCUT2D eigenvalue weighted by molar-refractivity contribution is 6.07. The summed E-state index contributed by atoms with van der Waals surface area (Å²) in [4.78, 5) is 37.0. The molecule has 0 aromatic heterocycles. The van der Waals surface area contributed by atoms with Crippen LogP contribution >= 0.6 is 0 Å². The molecule has 0 spiro atoms. The third-order valence-electron chi connectivity index (χ3n) is 4.21. The summed E-state index contributed by atoms with van der Waals surface area (Å²) in [5.41, 5.74) is 3.25. The molecule has 0 bridgehead atoms. The molecule has 2 aromatic rings. The molecule has 0 radical (unpaired) electrons. The van der Waals surface area contributed by atoms with Crippen molar-refractivity contribution in [3.63, 3.8) is 0 Å². The second-order valence-corrected chi connectivity index (χ2v) is 6.42. The van der Waals surface area contributed by atoms with E-state index in [4.69, 9.17) is 0 Å². The fourth-order valence-corrected chi connectivity index (χ4v) is 2.67. The minimum Gasteiger partial charge on any atom is -0.308 e. The van der Waals surface area contributed by atoms with Gasteiger partial charge in [0.15, 0.2) is 0 Å². The Morgan fingerprint density at radius 1 is 0.964 bits per heavy atom. The van der Waals surface area contributed by atoms with E-state index in [1.54, 1.807) is 36.4 Å². The van der Waals surface area contributed by atoms with E-state index in [1.807, 2.05) is 31.2 Å². The topological polar surface area (TPSA) is 78.5 Å². The maximum Gasteiger partial charge on any atom is 0.323 e. The molecule has 6 nitrogen and oxygen atoms in total. The Balaban J connectivity index is 1.55. The number of hydrogen-bond donors (Lipinski definition) is 2. The molecule has 1 aliphatic rings. The second kappa shape index (κ2) is 8.81. The van der Waals surface area contributed by atoms with Crippen molar-refractivity contribution in [2.75, 3.05) is 17.2 Å². The van der Waals surface area contributed by atoms with Crippen LogP contribution in [-0.2, 0) is 9.59 Å². The zero-order chi connectivity index (χ0) is 19.9. The molecule has 2 aromatic carbocycles. The third kappa shape index (κ3) is 5.17. The minimum absolute atomic E-state index is 0.292. The number of nitrogens with one attached hydrogen (secondary N) is 2. The number of anilines is 2. The van der Waals surface area contributed by atoms with Gasteiger partial charge in [0.2, 0.25) is 0 Å². The Labute approximate surface area is 163 Å². The number of benzene rings is 2. The SMILES string of the molecule is Cc1ccc(NC(=O)Nc2ccc(/C=C/C(=O)N3CCC=CC3=O)cc2)cc1. The van der Waals surface area contributed by atoms with Gasteiger partial charge in [-0.05, 0) is 55.3 Å². The van der Waals surface area contributed by atoms with Crippen molar-refractivity contribution in [3.8, 4) is 0 Å². The summed E-state index contributed by atoms with van der Waals surface area (Å²) < 4.78 is 0. The van der Waals surface area contributed by atoms with Crippen LogP contribution < -0.4 is 10.6 Å². The molecule has 0 aliphatic carbocycles. The molecule has 3 rings (SSSR count). The Hall–Kier alpha value is -3.67. The van der Waals surface area contributed by atoms with Crippen molar-refractivity contribution in [1.29, 1.82) is 0 Å². The number of imide groups is 1. The Morgan fingerprint density at radius 2 is 1.57 bits per heavy atom. The largest absolute Gasteiger partial charge is 0.323 e. The molecule has 1 aliphatic heterocycles. The van der Waals surface area contributed by atoms with Crippen LogP contribution in [0.5, 0.6) is 0 Å². The van der Waals surface area contributed by atoms with Crippen LogP contribution in [0.2, 0.25) is 0 Å². The second-order valence-electron chi connectivity index (χ2n) is 6.42. The lowest BCUT2D eigenvalue weighted by molar-refractivity contribution is -0.139. The molecule has 142 valence electrons. The van der Waals surface area contributed by atoms with Crippen molar-refractivity contribution in [2.45, 2.75) is 13.3 Å². The molecule has 0 unspecified atom stereocenters. The predicted octanol–water partition coefficient (Wildman–Crippen LogP) is 3.97. The van der Waals surface area contributed by atoms with Crippen molar-refractivity contribution < 1.29 is 14.4 Å². The van der Waals surface area contributed by atoms with Crippen LogP contribution in [0.1, 0.15) is 17.5 Å². The van der Waals surface area contributed by atoms with Gasteiger partial charge in [-0.15, -0.1) is 0 Å². The molecule has 28 heavy (non-hydrogen) atoms. The third-order valence-corrected chi connectivity index (χ3v) is 4.21. The summed E-state index contributed by atoms with van der Waals surface area (Å²) >= 11 is 0. The molecule has 0 saturated carbocycles. The first-order chi connectivity index (χ1) is 13.5. The first-order valence-electron chi connectivity index (χ1n) is 8.96. The smallest absolute Gasteiger partial charge is 0.308 e. The van der Waals surface area contributed by atoms with Crippen molar-refractivity contribution in [1.82, 2.24) is 4.90 Å². The average Bonchev–Trinajstić information content (AvgIpc) is 2.69. The van der Waals surface area contributed by atoms with Crippen LogP contribution in [0.4, 0.5) is 16.2 Å². The van der Waals surface area contributed by atoms with Gasteiger partial charge >= 0.3 is 6.03 Å². The molecular formula is C22H21N3O3. The average molecular weight is 375 g/mol. The number of rotatable bonds is 4. The molecule has 2 N–H and O–H groups in total. The van der Waals surface area contributed by atoms with Gasteiger partial charge < -0.3 is 10.6 Å². The van der Waals surface area contributed by atoms with Crippen LogP contribution in [0.25, 0.3) is 6.08 Å². The van der Waals surface area contributed by atoms with Crippen molar-refractivity contribution in [2.24, 2.45) is 0 Å². The number of amides is 4. The van der Waals surface area contributed by atoms with Gasteiger partial charge in [-0.3, -0.25) is 14.5 Å². The lowest BCUT2D eigenvalue weighted by Gasteiger charge is -2.19. The number of nitrogens with zero attached hydrogens (tertiary/aromatic N) is 1. The maximum atomic E-state index is 12.1. The van der Waals surface area contributed by atoms with E-state index in [0.29, 0.717) is 24.3 Å². The Bertz CT molecular complexity index is 929. The summed E-state index contributed by atoms with van der Waals surface area (Å²) in [5.74, 6) is -0.630. The first kappa shape index (κ1) is 19.1. The normalized spacial score (nSPS) is 13.6. The van der Waals surface area contributed by atoms with Crippen LogP contribution in [0, 0.1) is 6.92 Å². The van der Waals surface area contributed by atoms with E-state index in [9.17, 15) is 14.4 Å². The van der Waals surface area contributed by atoms with E-state index in [-0.39, 0.29) is 17.8 Å². The van der Waals surface area contributed by atoms with E-state index < -0.39 is 0 Å². The molecule has 1 heterocycles. The molecule has 4 amide bonds. The zero-order valence-electron chi connectivity index (χ0n) is 15.5. The number of aryl methyl sites for hydroxylation is 1. The van der Waals surface area contributed by atoms with E-state index in [2.05, 4.69) is 10.6 Å². The lowest BCUT2D eigenvalue weighted by Crippen LogP contribution is -2.37. The summed E-state index contributed by atoms with van der Waals surface area (Å²) in [7, 11) is 0. The standard InChI is InChI=1S/C22H21N3O3/c1-16-5-10-18(11-6-16)23-22(28)24-19-12-7-17(8-13-19)9-14-21(27)25-15-3-2-4-20(25)26/h2,4-14H,3,15H2,1H3,(H2,23,24,28)/b14-9+. The predicted molar refractivity (Wildman–Crippen MR) is 110 cm³/mol. The lowest BCUT2D eigenvalue weighted by atomic mass is 10.2. The molecule has 0 fully saturated rings. The van der Waals surface area contributed by atoms with Gasteiger partial charge in [-0.25, -0.2) is 4.79 Å². The van der Waals surface area contributed by atoms with E-state index >= 15 is 0 Å². The van der Waals surface area contributed by atoms with Crippen molar-refractivity contribution in [3.05, 3.63) is 77.9 Å². The number of carbonyl (C=O) groups is 3. The van der Waals surface area contributed by atoms with Gasteiger partial charge in [-0.1, -0.05) is 35.9 Å².